The van der Waals surface area contributed by atoms with Gasteiger partial charge in [-0.05, 0) is 34.5 Å². The minimum Gasteiger partial charge on any atom is -0.496 e. The Balaban J connectivity index is 0.00000176. The molecule has 3 rings (SSSR count). The van der Waals surface area contributed by atoms with Gasteiger partial charge in [-0.25, -0.2) is 4.39 Å². The van der Waals surface area contributed by atoms with Crippen molar-refractivity contribution in [2.24, 2.45) is 0 Å². The summed E-state index contributed by atoms with van der Waals surface area (Å²) < 4.78 is 19.9. The van der Waals surface area contributed by atoms with Crippen LogP contribution in [0.4, 0.5) is 4.39 Å². The van der Waals surface area contributed by atoms with Gasteiger partial charge in [0.2, 0.25) is 0 Å². The predicted molar refractivity (Wildman–Crippen MR) is 90.8 cm³/mol. The van der Waals surface area contributed by atoms with Gasteiger partial charge in [-0.2, -0.15) is 11.3 Å². The number of benzene rings is 1. The van der Waals surface area contributed by atoms with Crippen LogP contribution >= 0.6 is 23.7 Å². The first kappa shape index (κ1) is 17.2. The molecule has 1 N–H and O–H groups in total. The van der Waals surface area contributed by atoms with Crippen LogP contribution in [0.3, 0.4) is 0 Å². The zero-order valence-electron chi connectivity index (χ0n) is 12.4. The van der Waals surface area contributed by atoms with Gasteiger partial charge in [0.15, 0.2) is 0 Å². The maximum absolute atomic E-state index is 14.5. The summed E-state index contributed by atoms with van der Waals surface area (Å²) in [5.41, 5.74) is 1.77. The van der Waals surface area contributed by atoms with Crippen LogP contribution in [0.2, 0.25) is 0 Å². The molecule has 1 aliphatic heterocycles. The summed E-state index contributed by atoms with van der Waals surface area (Å²) in [4.78, 5) is 2.32. The van der Waals surface area contributed by atoms with Crippen LogP contribution in [0.15, 0.2) is 35.0 Å². The topological polar surface area (TPSA) is 24.5 Å². The van der Waals surface area contributed by atoms with E-state index in [9.17, 15) is 4.39 Å². The summed E-state index contributed by atoms with van der Waals surface area (Å²) >= 11 is 1.64. The molecule has 0 unspecified atom stereocenters. The zero-order chi connectivity index (χ0) is 14.7. The average molecular weight is 343 g/mol. The molecular formula is C16H20ClFN2OS. The van der Waals surface area contributed by atoms with E-state index in [2.05, 4.69) is 21.7 Å². The SMILES string of the molecule is COc1cccc(F)c1[C@@H](c1ccsc1)N1CCNCC1.Cl. The van der Waals surface area contributed by atoms with Gasteiger partial charge < -0.3 is 10.1 Å². The van der Waals surface area contributed by atoms with Crippen molar-refractivity contribution in [1.29, 1.82) is 0 Å². The third kappa shape index (κ3) is 3.43. The number of hydrogen-bond acceptors (Lipinski definition) is 4. The maximum atomic E-state index is 14.5. The molecule has 3 nitrogen and oxygen atoms in total. The second-order valence-corrected chi connectivity index (χ2v) is 5.88. The predicted octanol–water partition coefficient (Wildman–Crippen LogP) is 3.31. The molecule has 1 saturated heterocycles. The second-order valence-electron chi connectivity index (χ2n) is 5.10. The fraction of sp³-hybridized carbons (Fsp3) is 0.375. The van der Waals surface area contributed by atoms with E-state index < -0.39 is 0 Å². The molecule has 1 fully saturated rings. The van der Waals surface area contributed by atoms with Crippen molar-refractivity contribution in [2.45, 2.75) is 6.04 Å². The fourth-order valence-electron chi connectivity index (χ4n) is 2.89. The number of hydrogen-bond donors (Lipinski definition) is 1. The van der Waals surface area contributed by atoms with E-state index in [4.69, 9.17) is 4.74 Å². The van der Waals surface area contributed by atoms with Crippen molar-refractivity contribution >= 4 is 23.7 Å². The van der Waals surface area contributed by atoms with Crippen LogP contribution in [0.25, 0.3) is 0 Å². The summed E-state index contributed by atoms with van der Waals surface area (Å²) in [7, 11) is 1.60. The monoisotopic (exact) mass is 342 g/mol. The van der Waals surface area contributed by atoms with Crippen LogP contribution in [-0.4, -0.2) is 38.2 Å². The number of rotatable bonds is 4. The highest BCUT2D eigenvalue weighted by Gasteiger charge is 2.29. The van der Waals surface area contributed by atoms with E-state index in [1.807, 2.05) is 11.4 Å². The lowest BCUT2D eigenvalue weighted by Crippen LogP contribution is -2.45. The quantitative estimate of drug-likeness (QED) is 0.922. The Hall–Kier alpha value is -1.14. The van der Waals surface area contributed by atoms with Crippen LogP contribution in [-0.2, 0) is 0 Å². The highest BCUT2D eigenvalue weighted by molar-refractivity contribution is 7.08. The number of halogens is 2. The second kappa shape index (κ2) is 7.92. The summed E-state index contributed by atoms with van der Waals surface area (Å²) in [6, 6.07) is 7.03. The maximum Gasteiger partial charge on any atom is 0.132 e. The summed E-state index contributed by atoms with van der Waals surface area (Å²) in [5, 5.41) is 7.48. The van der Waals surface area contributed by atoms with Gasteiger partial charge in [-0.15, -0.1) is 12.4 Å². The van der Waals surface area contributed by atoms with Crippen molar-refractivity contribution in [1.82, 2.24) is 10.2 Å². The zero-order valence-corrected chi connectivity index (χ0v) is 14.1. The van der Waals surface area contributed by atoms with Crippen LogP contribution in [0.1, 0.15) is 17.2 Å². The Morgan fingerprint density at radius 2 is 2.05 bits per heavy atom. The number of methoxy groups -OCH3 is 1. The van der Waals surface area contributed by atoms with Crippen molar-refractivity contribution in [3.63, 3.8) is 0 Å². The first-order valence-corrected chi connectivity index (χ1v) is 8.05. The third-order valence-corrected chi connectivity index (χ3v) is 4.58. The molecule has 0 amide bonds. The van der Waals surface area contributed by atoms with E-state index >= 15 is 0 Å². The molecule has 2 heterocycles. The number of nitrogens with zero attached hydrogens (tertiary/aromatic N) is 1. The summed E-state index contributed by atoms with van der Waals surface area (Å²) in [5.74, 6) is 0.411. The molecule has 0 aliphatic carbocycles. The molecular weight excluding hydrogens is 323 g/mol. The Bertz CT molecular complexity index is 588. The molecule has 2 aromatic rings. The van der Waals surface area contributed by atoms with Gasteiger partial charge in [0.05, 0.1) is 18.7 Å². The van der Waals surface area contributed by atoms with Crippen molar-refractivity contribution in [2.75, 3.05) is 33.3 Å². The molecule has 1 aromatic heterocycles. The molecule has 1 aliphatic rings. The summed E-state index contributed by atoms with van der Waals surface area (Å²) in [6.45, 7) is 3.66. The molecule has 6 heteroatoms. The van der Waals surface area contributed by atoms with E-state index in [0.29, 0.717) is 11.3 Å². The normalized spacial score (nSPS) is 16.8. The lowest BCUT2D eigenvalue weighted by Gasteiger charge is -2.35. The van der Waals surface area contributed by atoms with Crippen molar-refractivity contribution in [3.8, 4) is 5.75 Å². The van der Waals surface area contributed by atoms with E-state index in [-0.39, 0.29) is 24.3 Å². The molecule has 0 bridgehead atoms. The number of ether oxygens (including phenoxy) is 1. The van der Waals surface area contributed by atoms with Gasteiger partial charge in [0, 0.05) is 26.2 Å². The third-order valence-electron chi connectivity index (χ3n) is 3.88. The molecule has 1 atom stereocenters. The summed E-state index contributed by atoms with van der Waals surface area (Å²) in [6.07, 6.45) is 0. The molecule has 0 radical (unpaired) electrons. The van der Waals surface area contributed by atoms with Crippen LogP contribution < -0.4 is 10.1 Å². The number of nitrogens with one attached hydrogen (secondary N) is 1. The van der Waals surface area contributed by atoms with Gasteiger partial charge in [-0.1, -0.05) is 6.07 Å². The highest BCUT2D eigenvalue weighted by Crippen LogP contribution is 2.37. The lowest BCUT2D eigenvalue weighted by atomic mass is 9.97. The highest BCUT2D eigenvalue weighted by atomic mass is 35.5. The number of piperazine rings is 1. The van der Waals surface area contributed by atoms with Crippen LogP contribution in [0.5, 0.6) is 5.75 Å². The molecule has 1 aromatic carbocycles. The van der Waals surface area contributed by atoms with E-state index in [1.54, 1.807) is 24.5 Å². The van der Waals surface area contributed by atoms with Gasteiger partial charge in [0.25, 0.3) is 0 Å². The first-order valence-electron chi connectivity index (χ1n) is 7.10. The van der Waals surface area contributed by atoms with Crippen LogP contribution in [0, 0.1) is 5.82 Å². The smallest absolute Gasteiger partial charge is 0.132 e. The Labute approximate surface area is 140 Å². The Kier molecular flexibility index (Phi) is 6.20. The average Bonchev–Trinajstić information content (AvgIpc) is 3.04. The molecule has 0 spiro atoms. The lowest BCUT2D eigenvalue weighted by molar-refractivity contribution is 0.192. The van der Waals surface area contributed by atoms with Gasteiger partial charge >= 0.3 is 0 Å². The first-order chi connectivity index (χ1) is 10.3. The minimum atomic E-state index is -0.205. The number of thiophene rings is 1. The standard InChI is InChI=1S/C16H19FN2OS.ClH/c1-20-14-4-2-3-13(17)15(14)16(12-5-10-21-11-12)19-8-6-18-7-9-19;/h2-5,10-11,16,18H,6-9H2,1H3;1H/t16-;/m1./s1. The van der Waals surface area contributed by atoms with Crippen molar-refractivity contribution < 1.29 is 9.13 Å². The van der Waals surface area contributed by atoms with E-state index in [1.165, 1.54) is 6.07 Å². The Morgan fingerprint density at radius 1 is 1.27 bits per heavy atom. The van der Waals surface area contributed by atoms with Gasteiger partial charge in [-0.3, -0.25) is 4.90 Å². The fourth-order valence-corrected chi connectivity index (χ4v) is 3.57. The minimum absolute atomic E-state index is 0. The van der Waals surface area contributed by atoms with Crippen molar-refractivity contribution in [3.05, 3.63) is 52.0 Å². The van der Waals surface area contributed by atoms with Gasteiger partial charge in [0.1, 0.15) is 11.6 Å². The molecule has 120 valence electrons. The Morgan fingerprint density at radius 3 is 2.68 bits per heavy atom. The molecule has 22 heavy (non-hydrogen) atoms. The van der Waals surface area contributed by atoms with E-state index in [0.717, 1.165) is 31.7 Å². The largest absolute Gasteiger partial charge is 0.496 e. The molecule has 0 saturated carbocycles.